The Morgan fingerprint density at radius 1 is 1.00 bits per heavy atom. The number of hydrogen-bond acceptors (Lipinski definition) is 0. The molecular formula is C12H21Br. The van der Waals surface area contributed by atoms with Gasteiger partial charge in [0.15, 0.2) is 0 Å². The van der Waals surface area contributed by atoms with Crippen molar-refractivity contribution in [2.75, 3.05) is 0 Å². The van der Waals surface area contributed by atoms with Crippen molar-refractivity contribution >= 4 is 15.9 Å². The van der Waals surface area contributed by atoms with Gasteiger partial charge in [0, 0.05) is 0 Å². The lowest BCUT2D eigenvalue weighted by Crippen LogP contribution is -2.00. The molecule has 0 rings (SSSR count). The normalized spacial score (nSPS) is 15.3. The summed E-state index contributed by atoms with van der Waals surface area (Å²) in [5.41, 5.74) is 2.96. The molecule has 0 aromatic rings. The Morgan fingerprint density at radius 2 is 1.46 bits per heavy atom. The van der Waals surface area contributed by atoms with Crippen molar-refractivity contribution in [1.29, 1.82) is 0 Å². The summed E-state index contributed by atoms with van der Waals surface area (Å²) in [5, 5.41) is 0. The number of rotatable bonds is 3. The van der Waals surface area contributed by atoms with Crippen LogP contribution in [0.2, 0.25) is 0 Å². The van der Waals surface area contributed by atoms with Gasteiger partial charge in [0.1, 0.15) is 0 Å². The summed E-state index contributed by atoms with van der Waals surface area (Å²) in [6.07, 6.45) is 2.24. The first-order valence-electron chi connectivity index (χ1n) is 4.90. The molecule has 0 atom stereocenters. The molecule has 0 N–H and O–H groups in total. The summed E-state index contributed by atoms with van der Waals surface area (Å²) in [6, 6.07) is 0. The van der Waals surface area contributed by atoms with E-state index in [1.54, 1.807) is 0 Å². The van der Waals surface area contributed by atoms with Crippen molar-refractivity contribution in [3.8, 4) is 0 Å². The molecule has 1 heteroatoms. The average Bonchev–Trinajstić information content (AvgIpc) is 1.97. The van der Waals surface area contributed by atoms with E-state index in [2.05, 4.69) is 63.5 Å². The van der Waals surface area contributed by atoms with Gasteiger partial charge in [-0.2, -0.15) is 0 Å². The van der Waals surface area contributed by atoms with Gasteiger partial charge in [0.05, 0.1) is 0 Å². The summed E-state index contributed by atoms with van der Waals surface area (Å²) in [4.78, 5) is 0. The van der Waals surface area contributed by atoms with Crippen LogP contribution in [-0.2, 0) is 0 Å². The van der Waals surface area contributed by atoms with E-state index in [9.17, 15) is 0 Å². The molecule has 0 aromatic heterocycles. The van der Waals surface area contributed by atoms with E-state index in [1.165, 1.54) is 15.6 Å². The van der Waals surface area contributed by atoms with Gasteiger partial charge in [-0.1, -0.05) is 49.2 Å². The van der Waals surface area contributed by atoms with E-state index < -0.39 is 0 Å². The van der Waals surface area contributed by atoms with Crippen molar-refractivity contribution in [1.82, 2.24) is 0 Å². The Balaban J connectivity index is 5.01. The summed E-state index contributed by atoms with van der Waals surface area (Å²) in [5.74, 6) is 1.25. The molecule has 76 valence electrons. The Bertz CT molecular complexity index is 215. The van der Waals surface area contributed by atoms with Crippen LogP contribution in [0.5, 0.6) is 0 Å². The molecule has 0 bridgehead atoms. The lowest BCUT2D eigenvalue weighted by molar-refractivity contribution is 0.706. The second-order valence-corrected chi connectivity index (χ2v) is 5.43. The highest BCUT2D eigenvalue weighted by Gasteiger charge is 2.07. The third kappa shape index (κ3) is 4.66. The van der Waals surface area contributed by atoms with Gasteiger partial charge in [-0.15, -0.1) is 0 Å². The summed E-state index contributed by atoms with van der Waals surface area (Å²) < 4.78 is 1.20. The third-order valence-electron chi connectivity index (χ3n) is 2.30. The summed E-state index contributed by atoms with van der Waals surface area (Å²) in [6.45, 7) is 13.3. The van der Waals surface area contributed by atoms with Crippen LogP contribution < -0.4 is 0 Å². The van der Waals surface area contributed by atoms with Gasteiger partial charge >= 0.3 is 0 Å². The minimum absolute atomic E-state index is 0.606. The zero-order valence-electron chi connectivity index (χ0n) is 9.61. The molecule has 0 radical (unpaired) electrons. The highest BCUT2D eigenvalue weighted by Crippen LogP contribution is 2.24. The Labute approximate surface area is 91.2 Å². The second kappa shape index (κ2) is 5.64. The molecule has 0 fully saturated rings. The van der Waals surface area contributed by atoms with E-state index in [4.69, 9.17) is 0 Å². The molecule has 0 nitrogen and oxygen atoms in total. The second-order valence-electron chi connectivity index (χ2n) is 4.18. The summed E-state index contributed by atoms with van der Waals surface area (Å²) >= 11 is 3.49. The largest absolute Gasteiger partial charge is 0.0673 e. The summed E-state index contributed by atoms with van der Waals surface area (Å²) in [7, 11) is 0. The Morgan fingerprint density at radius 3 is 1.69 bits per heavy atom. The quantitative estimate of drug-likeness (QED) is 0.619. The van der Waals surface area contributed by atoms with Crippen LogP contribution in [0.3, 0.4) is 0 Å². The molecule has 0 aliphatic carbocycles. The van der Waals surface area contributed by atoms with Crippen molar-refractivity contribution in [3.63, 3.8) is 0 Å². The molecule has 0 saturated heterocycles. The predicted molar refractivity (Wildman–Crippen MR) is 65.1 cm³/mol. The molecule has 13 heavy (non-hydrogen) atoms. The standard InChI is InChI=1S/C12H21Br/c1-8(2)11(6)12(9(3)4)7-10(5)13/h7-9H,1-6H3/b10-7+,12-11-. The molecular weight excluding hydrogens is 224 g/mol. The number of halogens is 1. The van der Waals surface area contributed by atoms with Crippen LogP contribution in [-0.4, -0.2) is 0 Å². The van der Waals surface area contributed by atoms with Crippen molar-refractivity contribution < 1.29 is 0 Å². The van der Waals surface area contributed by atoms with Gasteiger partial charge in [-0.25, -0.2) is 0 Å². The molecule has 0 aliphatic rings. The van der Waals surface area contributed by atoms with E-state index in [0.29, 0.717) is 11.8 Å². The van der Waals surface area contributed by atoms with Gasteiger partial charge in [-0.05, 0) is 41.8 Å². The topological polar surface area (TPSA) is 0 Å². The van der Waals surface area contributed by atoms with Crippen molar-refractivity contribution in [2.24, 2.45) is 11.8 Å². The maximum Gasteiger partial charge on any atom is -0.00776 e. The lowest BCUT2D eigenvalue weighted by atomic mass is 9.91. The molecule has 0 aromatic carbocycles. The van der Waals surface area contributed by atoms with Crippen LogP contribution in [0.1, 0.15) is 41.5 Å². The molecule has 0 heterocycles. The predicted octanol–water partition coefficient (Wildman–Crippen LogP) is 4.91. The number of allylic oxidation sites excluding steroid dienone is 4. The van der Waals surface area contributed by atoms with E-state index in [1.807, 2.05) is 0 Å². The third-order valence-corrected chi connectivity index (χ3v) is 2.53. The highest BCUT2D eigenvalue weighted by molar-refractivity contribution is 9.11. The van der Waals surface area contributed by atoms with Crippen LogP contribution >= 0.6 is 15.9 Å². The van der Waals surface area contributed by atoms with Gasteiger partial charge in [0.2, 0.25) is 0 Å². The molecule has 0 unspecified atom stereocenters. The number of hydrogen-bond donors (Lipinski definition) is 0. The van der Waals surface area contributed by atoms with Crippen LogP contribution in [0.4, 0.5) is 0 Å². The van der Waals surface area contributed by atoms with Crippen molar-refractivity contribution in [2.45, 2.75) is 41.5 Å². The van der Waals surface area contributed by atoms with E-state index >= 15 is 0 Å². The first-order chi connectivity index (χ1) is 5.86. The van der Waals surface area contributed by atoms with Gasteiger partial charge < -0.3 is 0 Å². The van der Waals surface area contributed by atoms with Crippen molar-refractivity contribution in [3.05, 3.63) is 21.7 Å². The minimum Gasteiger partial charge on any atom is -0.0673 e. The van der Waals surface area contributed by atoms with Gasteiger partial charge in [-0.3, -0.25) is 0 Å². The fourth-order valence-electron chi connectivity index (χ4n) is 1.28. The first kappa shape index (κ1) is 13.0. The fraction of sp³-hybridized carbons (Fsp3) is 0.667. The molecule has 0 saturated carbocycles. The SMILES string of the molecule is C/C(Br)=C\C(=C(/C)C(C)C)C(C)C. The molecule has 0 aliphatic heterocycles. The minimum atomic E-state index is 0.606. The zero-order valence-corrected chi connectivity index (χ0v) is 11.2. The van der Waals surface area contributed by atoms with Crippen LogP contribution in [0.25, 0.3) is 0 Å². The molecule has 0 amide bonds. The van der Waals surface area contributed by atoms with Crippen LogP contribution in [0, 0.1) is 11.8 Å². The first-order valence-corrected chi connectivity index (χ1v) is 5.70. The molecule has 0 spiro atoms. The zero-order chi connectivity index (χ0) is 10.6. The Kier molecular flexibility index (Phi) is 5.62. The van der Waals surface area contributed by atoms with Crippen LogP contribution in [0.15, 0.2) is 21.7 Å². The monoisotopic (exact) mass is 244 g/mol. The van der Waals surface area contributed by atoms with Gasteiger partial charge in [0.25, 0.3) is 0 Å². The maximum atomic E-state index is 3.49. The Hall–Kier alpha value is -0.0400. The average molecular weight is 245 g/mol. The smallest absolute Gasteiger partial charge is 0.00776 e. The maximum absolute atomic E-state index is 3.49. The van der Waals surface area contributed by atoms with E-state index in [0.717, 1.165) is 0 Å². The fourth-order valence-corrected chi connectivity index (χ4v) is 1.53. The lowest BCUT2D eigenvalue weighted by Gasteiger charge is -2.15. The van der Waals surface area contributed by atoms with E-state index in [-0.39, 0.29) is 0 Å². The highest BCUT2D eigenvalue weighted by atomic mass is 79.9.